The molecular weight excluding hydrogens is 356 g/mol. The van der Waals surface area contributed by atoms with Crippen LogP contribution in [0.1, 0.15) is 49.1 Å². The van der Waals surface area contributed by atoms with Crippen LogP contribution in [0.3, 0.4) is 0 Å². The van der Waals surface area contributed by atoms with E-state index in [9.17, 15) is 4.79 Å². The number of H-pyrrole nitrogens is 1. The zero-order chi connectivity index (χ0) is 20.0. The van der Waals surface area contributed by atoms with Gasteiger partial charge < -0.3 is 4.98 Å². The van der Waals surface area contributed by atoms with E-state index in [0.29, 0.717) is 5.92 Å². The highest BCUT2D eigenvalue weighted by Gasteiger charge is 2.46. The summed E-state index contributed by atoms with van der Waals surface area (Å²) in [4.78, 5) is 20.2. The van der Waals surface area contributed by atoms with Crippen LogP contribution >= 0.6 is 0 Å². The Balaban J connectivity index is 1.62. The molecule has 3 heteroatoms. The van der Waals surface area contributed by atoms with Gasteiger partial charge in [-0.1, -0.05) is 42.0 Å². The molecule has 0 saturated heterocycles. The molecule has 5 rings (SSSR count). The lowest BCUT2D eigenvalue weighted by Crippen LogP contribution is -2.40. The summed E-state index contributed by atoms with van der Waals surface area (Å²) in [6, 6.07) is 12.3. The number of aliphatic imine (C=N–C) groups is 1. The maximum Gasteiger partial charge on any atom is 0.248 e. The number of nitrogens with one attached hydrogen (secondary N) is 1. The van der Waals surface area contributed by atoms with E-state index < -0.39 is 5.54 Å². The van der Waals surface area contributed by atoms with Gasteiger partial charge in [0.15, 0.2) is 0 Å². The first-order chi connectivity index (χ1) is 14.1. The Morgan fingerprint density at radius 3 is 2.90 bits per heavy atom. The number of pyridine rings is 1. The number of benzene rings is 1. The lowest BCUT2D eigenvalue weighted by atomic mass is 9.63. The summed E-state index contributed by atoms with van der Waals surface area (Å²) in [5.74, 6) is 0.302. The minimum atomic E-state index is -0.411. The molecule has 146 valence electrons. The fourth-order valence-electron chi connectivity index (χ4n) is 5.54. The van der Waals surface area contributed by atoms with Crippen molar-refractivity contribution in [1.82, 2.24) is 4.98 Å². The Morgan fingerprint density at radius 2 is 2.03 bits per heavy atom. The molecule has 3 aliphatic rings. The predicted octanol–water partition coefficient (Wildman–Crippen LogP) is 5.14. The number of allylic oxidation sites excluding steroid dienone is 4. The SMILES string of the molecule is CC=C1[C@H]2C=C(C)C[C@]1(N=CC=C1CCc3ccccc31)c1ccc(=O)[nH]c1C2. The second-order valence-corrected chi connectivity index (χ2v) is 8.45. The summed E-state index contributed by atoms with van der Waals surface area (Å²) in [7, 11) is 0. The third-order valence-electron chi connectivity index (χ3n) is 6.68. The topological polar surface area (TPSA) is 45.2 Å². The molecule has 0 saturated carbocycles. The zero-order valence-corrected chi connectivity index (χ0v) is 17.0. The third kappa shape index (κ3) is 2.88. The summed E-state index contributed by atoms with van der Waals surface area (Å²) < 4.78 is 0. The monoisotopic (exact) mass is 382 g/mol. The van der Waals surface area contributed by atoms with Crippen molar-refractivity contribution in [3.8, 4) is 0 Å². The number of aromatic nitrogens is 1. The molecule has 0 spiro atoms. The van der Waals surface area contributed by atoms with Crippen LogP contribution in [0.2, 0.25) is 0 Å². The number of aromatic amines is 1. The lowest BCUT2D eigenvalue weighted by Gasteiger charge is -2.45. The molecule has 0 aliphatic heterocycles. The highest BCUT2D eigenvalue weighted by molar-refractivity contribution is 5.87. The molecule has 1 aromatic carbocycles. The first kappa shape index (κ1) is 18.1. The maximum absolute atomic E-state index is 12.0. The fourth-order valence-corrected chi connectivity index (χ4v) is 5.54. The van der Waals surface area contributed by atoms with Gasteiger partial charge in [0.2, 0.25) is 5.56 Å². The molecule has 3 nitrogen and oxygen atoms in total. The summed E-state index contributed by atoms with van der Waals surface area (Å²) in [6.07, 6.45) is 12.7. The van der Waals surface area contributed by atoms with Gasteiger partial charge in [0.1, 0.15) is 5.54 Å². The second-order valence-electron chi connectivity index (χ2n) is 8.45. The van der Waals surface area contributed by atoms with Crippen LogP contribution in [-0.2, 0) is 18.4 Å². The number of hydrogen-bond acceptors (Lipinski definition) is 2. The van der Waals surface area contributed by atoms with Crippen LogP contribution in [0, 0.1) is 5.92 Å². The van der Waals surface area contributed by atoms with Crippen molar-refractivity contribution in [2.75, 3.05) is 0 Å². The minimum Gasteiger partial charge on any atom is -0.326 e. The van der Waals surface area contributed by atoms with Gasteiger partial charge in [0.25, 0.3) is 0 Å². The predicted molar refractivity (Wildman–Crippen MR) is 119 cm³/mol. The summed E-state index contributed by atoms with van der Waals surface area (Å²) in [5.41, 5.74) is 8.60. The molecule has 3 aliphatic carbocycles. The lowest BCUT2D eigenvalue weighted by molar-refractivity contribution is 0.413. The molecule has 2 atom stereocenters. The molecule has 1 heterocycles. The Labute approximate surface area is 171 Å². The largest absolute Gasteiger partial charge is 0.326 e. The Bertz CT molecular complexity index is 1160. The Morgan fingerprint density at radius 1 is 1.17 bits per heavy atom. The van der Waals surface area contributed by atoms with Crippen molar-refractivity contribution in [2.45, 2.75) is 45.1 Å². The van der Waals surface area contributed by atoms with E-state index in [0.717, 1.165) is 36.9 Å². The first-order valence-electron chi connectivity index (χ1n) is 10.5. The summed E-state index contributed by atoms with van der Waals surface area (Å²) >= 11 is 0. The molecule has 0 radical (unpaired) electrons. The number of aryl methyl sites for hydroxylation is 1. The minimum absolute atomic E-state index is 0.0322. The molecule has 2 bridgehead atoms. The first-order valence-corrected chi connectivity index (χ1v) is 10.5. The van der Waals surface area contributed by atoms with E-state index in [4.69, 9.17) is 4.99 Å². The van der Waals surface area contributed by atoms with Crippen molar-refractivity contribution >= 4 is 11.8 Å². The van der Waals surface area contributed by atoms with Crippen molar-refractivity contribution in [3.63, 3.8) is 0 Å². The molecule has 0 amide bonds. The van der Waals surface area contributed by atoms with Crippen LogP contribution in [0.15, 0.2) is 75.6 Å². The third-order valence-corrected chi connectivity index (χ3v) is 6.68. The molecule has 2 aromatic rings. The molecule has 1 N–H and O–H groups in total. The van der Waals surface area contributed by atoms with Gasteiger partial charge >= 0.3 is 0 Å². The van der Waals surface area contributed by atoms with Crippen molar-refractivity contribution in [3.05, 3.63) is 98.5 Å². The van der Waals surface area contributed by atoms with Gasteiger partial charge in [0.05, 0.1) is 0 Å². The maximum atomic E-state index is 12.0. The number of hydrogen-bond donors (Lipinski definition) is 1. The summed E-state index contributed by atoms with van der Waals surface area (Å²) in [6.45, 7) is 4.31. The van der Waals surface area contributed by atoms with Gasteiger partial charge in [0, 0.05) is 35.9 Å². The van der Waals surface area contributed by atoms with Gasteiger partial charge in [-0.25, -0.2) is 0 Å². The van der Waals surface area contributed by atoms with E-state index in [1.165, 1.54) is 27.8 Å². The smallest absolute Gasteiger partial charge is 0.248 e. The molecule has 1 aromatic heterocycles. The number of fused-ring (bicyclic) bond motifs is 5. The quantitative estimate of drug-likeness (QED) is 0.567. The van der Waals surface area contributed by atoms with E-state index in [2.05, 4.69) is 61.3 Å². The average molecular weight is 383 g/mol. The average Bonchev–Trinajstić information content (AvgIpc) is 3.10. The Hall–Kier alpha value is -2.94. The normalized spacial score (nSPS) is 27.9. The number of nitrogens with zero attached hydrogens (tertiary/aromatic N) is 1. The standard InChI is InChI=1S/C26H26N2O/c1-3-22-20-14-17(2)16-26(22,23-10-11-25(29)28-24(23)15-20)27-13-12-19-9-8-18-6-4-5-7-21(18)19/h3-7,10-14,20H,8-9,15-16H2,1-2H3,(H,28,29)/t20-,26+/m0/s1. The van der Waals surface area contributed by atoms with E-state index in [1.807, 2.05) is 12.3 Å². The highest BCUT2D eigenvalue weighted by atomic mass is 16.1. The van der Waals surface area contributed by atoms with Gasteiger partial charge in [-0.15, -0.1) is 0 Å². The van der Waals surface area contributed by atoms with E-state index >= 15 is 0 Å². The van der Waals surface area contributed by atoms with Crippen LogP contribution in [-0.4, -0.2) is 11.2 Å². The van der Waals surface area contributed by atoms with Crippen molar-refractivity contribution in [1.29, 1.82) is 0 Å². The van der Waals surface area contributed by atoms with Crippen LogP contribution in [0.25, 0.3) is 5.57 Å². The second kappa shape index (κ2) is 6.84. The van der Waals surface area contributed by atoms with Crippen LogP contribution in [0.5, 0.6) is 0 Å². The number of rotatable bonds is 2. The highest BCUT2D eigenvalue weighted by Crippen LogP contribution is 2.51. The van der Waals surface area contributed by atoms with Crippen molar-refractivity contribution < 1.29 is 0 Å². The van der Waals surface area contributed by atoms with E-state index in [1.54, 1.807) is 6.07 Å². The van der Waals surface area contributed by atoms with Crippen molar-refractivity contribution in [2.24, 2.45) is 10.9 Å². The zero-order valence-electron chi connectivity index (χ0n) is 17.0. The molecule has 0 unspecified atom stereocenters. The summed E-state index contributed by atoms with van der Waals surface area (Å²) in [5, 5.41) is 0. The van der Waals surface area contributed by atoms with Crippen LogP contribution in [0.4, 0.5) is 0 Å². The molecule has 0 fully saturated rings. The molecule has 29 heavy (non-hydrogen) atoms. The van der Waals surface area contributed by atoms with E-state index in [-0.39, 0.29) is 5.56 Å². The Kier molecular flexibility index (Phi) is 4.27. The van der Waals surface area contributed by atoms with Gasteiger partial charge in [-0.05, 0) is 67.5 Å². The molecular formula is C26H26N2O. The van der Waals surface area contributed by atoms with Crippen LogP contribution < -0.4 is 5.56 Å². The van der Waals surface area contributed by atoms with Gasteiger partial charge in [-0.3, -0.25) is 9.79 Å². The fraction of sp³-hybridized carbons (Fsp3) is 0.308. The van der Waals surface area contributed by atoms with Gasteiger partial charge in [-0.2, -0.15) is 0 Å².